The highest BCUT2D eigenvalue weighted by Crippen LogP contribution is 2.37. The lowest BCUT2D eigenvalue weighted by Crippen LogP contribution is -2.05. The fourth-order valence-electron chi connectivity index (χ4n) is 3.10. The molecule has 0 unspecified atom stereocenters. The molecule has 0 N–H and O–H groups in total. The summed E-state index contributed by atoms with van der Waals surface area (Å²) in [6.07, 6.45) is 1.72. The highest BCUT2D eigenvalue weighted by molar-refractivity contribution is 6.55. The maximum Gasteiger partial charge on any atom is 0.169 e. The van der Waals surface area contributed by atoms with Crippen molar-refractivity contribution >= 4 is 23.2 Å². The minimum absolute atomic E-state index is 0.119. The first-order chi connectivity index (χ1) is 15.8. The van der Waals surface area contributed by atoms with Crippen molar-refractivity contribution in [2.24, 2.45) is 0 Å². The van der Waals surface area contributed by atoms with E-state index in [0.717, 1.165) is 17.1 Å². The van der Waals surface area contributed by atoms with Crippen LogP contribution in [0.25, 0.3) is 0 Å². The molecular formula is C27H28Cl2O4. The van der Waals surface area contributed by atoms with E-state index in [9.17, 15) is 0 Å². The van der Waals surface area contributed by atoms with Crippen LogP contribution in [-0.4, -0.2) is 12.7 Å². The third-order valence-electron chi connectivity index (χ3n) is 4.58. The fraction of sp³-hybridized carbons (Fsp3) is 0.259. The Morgan fingerprint density at radius 2 is 1.33 bits per heavy atom. The molecule has 0 bridgehead atoms. The van der Waals surface area contributed by atoms with Crippen LogP contribution in [0.15, 0.2) is 77.3 Å². The molecule has 3 aromatic carbocycles. The molecule has 0 fully saturated rings. The Hall–Kier alpha value is -2.82. The van der Waals surface area contributed by atoms with Crippen molar-refractivity contribution in [1.82, 2.24) is 0 Å². The average molecular weight is 487 g/mol. The smallest absolute Gasteiger partial charge is 0.169 e. The molecule has 4 nitrogen and oxygen atoms in total. The summed E-state index contributed by atoms with van der Waals surface area (Å²) in [6.45, 7) is 8.47. The molecule has 0 heterocycles. The predicted molar refractivity (Wildman–Crippen MR) is 135 cm³/mol. The van der Waals surface area contributed by atoms with Crippen LogP contribution in [-0.2, 0) is 0 Å². The quantitative estimate of drug-likeness (QED) is 0.286. The van der Waals surface area contributed by atoms with E-state index in [1.165, 1.54) is 0 Å². The summed E-state index contributed by atoms with van der Waals surface area (Å²) in [5.41, 5.74) is 1.02. The van der Waals surface area contributed by atoms with Gasteiger partial charge in [-0.1, -0.05) is 49.2 Å². The summed E-state index contributed by atoms with van der Waals surface area (Å²) in [5.74, 6) is 4.40. The van der Waals surface area contributed by atoms with Gasteiger partial charge < -0.3 is 18.9 Å². The van der Waals surface area contributed by atoms with Crippen molar-refractivity contribution < 1.29 is 18.9 Å². The maximum atomic E-state index is 6.19. The molecule has 174 valence electrons. The fourth-order valence-corrected chi connectivity index (χ4v) is 3.22. The third kappa shape index (κ3) is 7.62. The van der Waals surface area contributed by atoms with Crippen molar-refractivity contribution in [3.8, 4) is 34.5 Å². The van der Waals surface area contributed by atoms with Gasteiger partial charge in [0.25, 0.3) is 0 Å². The minimum atomic E-state index is 0.119. The van der Waals surface area contributed by atoms with Gasteiger partial charge in [0, 0.05) is 5.56 Å². The topological polar surface area (TPSA) is 36.9 Å². The van der Waals surface area contributed by atoms with E-state index in [4.69, 9.17) is 42.1 Å². The van der Waals surface area contributed by atoms with E-state index in [-0.39, 0.29) is 16.5 Å². The standard InChI is InChI=1S/C27H28Cl2O4/c1-18(2)23-17-22(13-14-24(23)30-16-15-27(28)29)33-26-8-6-5-7-25(26)32-21-11-9-20(10-12-21)31-19(3)4/h5-15,17-19H,16H2,1-4H3. The second-order valence-electron chi connectivity index (χ2n) is 7.95. The summed E-state index contributed by atoms with van der Waals surface area (Å²) in [6, 6.07) is 20.8. The number of hydrogen-bond acceptors (Lipinski definition) is 4. The summed E-state index contributed by atoms with van der Waals surface area (Å²) in [5, 5.41) is 0. The van der Waals surface area contributed by atoms with Crippen LogP contribution in [0.4, 0.5) is 0 Å². The molecule has 33 heavy (non-hydrogen) atoms. The monoisotopic (exact) mass is 486 g/mol. The third-order valence-corrected chi connectivity index (χ3v) is 4.89. The van der Waals surface area contributed by atoms with Crippen LogP contribution >= 0.6 is 23.2 Å². The first kappa shape index (κ1) is 24.8. The van der Waals surface area contributed by atoms with Gasteiger partial charge in [-0.3, -0.25) is 0 Å². The van der Waals surface area contributed by atoms with Gasteiger partial charge in [0.2, 0.25) is 0 Å². The van der Waals surface area contributed by atoms with E-state index in [1.54, 1.807) is 6.08 Å². The molecule has 3 aromatic rings. The van der Waals surface area contributed by atoms with Crippen LogP contribution in [0.1, 0.15) is 39.2 Å². The Morgan fingerprint density at radius 1 is 0.758 bits per heavy atom. The van der Waals surface area contributed by atoms with Crippen molar-refractivity contribution in [3.63, 3.8) is 0 Å². The molecule has 0 aliphatic heterocycles. The second-order valence-corrected chi connectivity index (χ2v) is 8.96. The zero-order chi connectivity index (χ0) is 23.8. The first-order valence-electron chi connectivity index (χ1n) is 10.8. The van der Waals surface area contributed by atoms with Gasteiger partial charge in [-0.25, -0.2) is 0 Å². The van der Waals surface area contributed by atoms with E-state index < -0.39 is 0 Å². The largest absolute Gasteiger partial charge is 0.491 e. The Morgan fingerprint density at radius 3 is 1.91 bits per heavy atom. The highest BCUT2D eigenvalue weighted by Gasteiger charge is 2.13. The Bertz CT molecular complexity index is 1070. The van der Waals surface area contributed by atoms with E-state index in [2.05, 4.69) is 13.8 Å². The number of para-hydroxylation sites is 2. The number of rotatable bonds is 10. The average Bonchev–Trinajstić information content (AvgIpc) is 2.76. The van der Waals surface area contributed by atoms with Gasteiger partial charge in [0.15, 0.2) is 11.5 Å². The Kier molecular flexibility index (Phi) is 8.93. The van der Waals surface area contributed by atoms with Gasteiger partial charge >= 0.3 is 0 Å². The summed E-state index contributed by atoms with van der Waals surface area (Å²) in [4.78, 5) is 0. The molecule has 0 aliphatic rings. The lowest BCUT2D eigenvalue weighted by molar-refractivity contribution is 0.242. The molecule has 6 heteroatoms. The van der Waals surface area contributed by atoms with Gasteiger partial charge in [-0.05, 0) is 80.4 Å². The molecular weight excluding hydrogens is 459 g/mol. The lowest BCUT2D eigenvalue weighted by atomic mass is 10.0. The van der Waals surface area contributed by atoms with Gasteiger partial charge in [-0.15, -0.1) is 0 Å². The Balaban J connectivity index is 1.77. The minimum Gasteiger partial charge on any atom is -0.491 e. The molecule has 0 aromatic heterocycles. The van der Waals surface area contributed by atoms with Crippen LogP contribution in [0.3, 0.4) is 0 Å². The van der Waals surface area contributed by atoms with Crippen LogP contribution < -0.4 is 18.9 Å². The summed E-state index contributed by atoms with van der Waals surface area (Å²) < 4.78 is 24.0. The predicted octanol–water partition coefficient (Wildman–Crippen LogP) is 8.88. The maximum absolute atomic E-state index is 6.19. The molecule has 3 rings (SSSR count). The van der Waals surface area contributed by atoms with Crippen molar-refractivity contribution in [2.75, 3.05) is 6.61 Å². The molecule has 0 atom stereocenters. The number of halogens is 2. The van der Waals surface area contributed by atoms with Crippen LogP contribution in [0, 0.1) is 0 Å². The number of hydrogen-bond donors (Lipinski definition) is 0. The van der Waals surface area contributed by atoms with Crippen LogP contribution in [0.5, 0.6) is 34.5 Å². The van der Waals surface area contributed by atoms with Crippen molar-refractivity contribution in [1.29, 1.82) is 0 Å². The first-order valence-corrected chi connectivity index (χ1v) is 11.6. The van der Waals surface area contributed by atoms with Crippen molar-refractivity contribution in [2.45, 2.75) is 39.7 Å². The summed E-state index contributed by atoms with van der Waals surface area (Å²) >= 11 is 11.3. The van der Waals surface area contributed by atoms with Gasteiger partial charge in [-0.2, -0.15) is 0 Å². The zero-order valence-corrected chi connectivity index (χ0v) is 20.7. The molecule has 0 saturated carbocycles. The van der Waals surface area contributed by atoms with E-state index in [0.29, 0.717) is 29.6 Å². The normalized spacial score (nSPS) is 10.8. The van der Waals surface area contributed by atoms with Gasteiger partial charge in [0.1, 0.15) is 34.1 Å². The molecule has 0 amide bonds. The van der Waals surface area contributed by atoms with Crippen molar-refractivity contribution in [3.05, 3.63) is 82.9 Å². The zero-order valence-electron chi connectivity index (χ0n) is 19.2. The SMILES string of the molecule is CC(C)Oc1ccc(Oc2ccccc2Oc2ccc(OCC=C(Cl)Cl)c(C(C)C)c2)cc1. The number of benzene rings is 3. The second kappa shape index (κ2) is 11.9. The highest BCUT2D eigenvalue weighted by atomic mass is 35.5. The number of ether oxygens (including phenoxy) is 4. The van der Waals surface area contributed by atoms with E-state index in [1.807, 2.05) is 80.6 Å². The van der Waals surface area contributed by atoms with Gasteiger partial charge in [0.05, 0.1) is 6.10 Å². The summed E-state index contributed by atoms with van der Waals surface area (Å²) in [7, 11) is 0. The van der Waals surface area contributed by atoms with Crippen LogP contribution in [0.2, 0.25) is 0 Å². The molecule has 0 spiro atoms. The lowest BCUT2D eigenvalue weighted by Gasteiger charge is -2.17. The Labute approximate surface area is 205 Å². The van der Waals surface area contributed by atoms with E-state index >= 15 is 0 Å². The molecule has 0 radical (unpaired) electrons. The molecule has 0 aliphatic carbocycles. The molecule has 0 saturated heterocycles.